The van der Waals surface area contributed by atoms with Crippen LogP contribution in [0.25, 0.3) is 0 Å². The first-order valence-electron chi connectivity index (χ1n) is 4.67. The summed E-state index contributed by atoms with van der Waals surface area (Å²) in [5, 5.41) is 6.17. The molecule has 0 spiro atoms. The summed E-state index contributed by atoms with van der Waals surface area (Å²) < 4.78 is 29.9. The van der Waals surface area contributed by atoms with Gasteiger partial charge in [-0.2, -0.15) is 5.10 Å². The molecule has 1 rings (SSSR count). The van der Waals surface area contributed by atoms with Gasteiger partial charge < -0.3 is 10.1 Å². The van der Waals surface area contributed by atoms with Crippen molar-refractivity contribution in [1.82, 2.24) is 9.78 Å². The van der Waals surface area contributed by atoms with Crippen LogP contribution in [0.3, 0.4) is 0 Å². The molecule has 1 heterocycles. The van der Waals surface area contributed by atoms with Crippen molar-refractivity contribution in [2.45, 2.75) is 26.0 Å². The summed E-state index contributed by atoms with van der Waals surface area (Å²) in [6.07, 6.45) is -0.422. The molecule has 0 radical (unpaired) electrons. The van der Waals surface area contributed by atoms with Crippen LogP contribution < -0.4 is 5.32 Å². The van der Waals surface area contributed by atoms with Gasteiger partial charge in [-0.3, -0.25) is 9.48 Å². The van der Waals surface area contributed by atoms with Crippen molar-refractivity contribution in [3.63, 3.8) is 0 Å². The molecule has 5 nitrogen and oxygen atoms in total. The van der Waals surface area contributed by atoms with Gasteiger partial charge in [-0.15, -0.1) is 0 Å². The molecule has 0 fully saturated rings. The molecule has 1 unspecified atom stereocenters. The Labute approximate surface area is 91.4 Å². The number of aromatic nitrogens is 2. The molecule has 1 aromatic heterocycles. The van der Waals surface area contributed by atoms with E-state index in [1.165, 1.54) is 19.5 Å². The van der Waals surface area contributed by atoms with E-state index < -0.39 is 19.1 Å². The maximum Gasteiger partial charge on any atom is 0.257 e. The predicted molar refractivity (Wildman–Crippen MR) is 53.3 cm³/mol. The van der Waals surface area contributed by atoms with Gasteiger partial charge in [0.1, 0.15) is 12.6 Å². The highest BCUT2D eigenvalue weighted by molar-refractivity contribution is 5.93. The minimum absolute atomic E-state index is 0.348. The zero-order chi connectivity index (χ0) is 12.1. The standard InChI is InChI=1S/C9H13F2N3O2/c1-6(16-2)9(15)13-7-3-12-14(4-7)5-8(10)11/h3-4,6,8H,5H2,1-2H3,(H,13,15). The van der Waals surface area contributed by atoms with Crippen LogP contribution in [0.2, 0.25) is 0 Å². The number of nitrogens with zero attached hydrogens (tertiary/aromatic N) is 2. The van der Waals surface area contributed by atoms with Crippen molar-refractivity contribution < 1.29 is 18.3 Å². The van der Waals surface area contributed by atoms with E-state index >= 15 is 0 Å². The topological polar surface area (TPSA) is 56.1 Å². The fourth-order valence-corrected chi connectivity index (χ4v) is 1.02. The number of amides is 1. The number of carbonyl (C=O) groups is 1. The predicted octanol–water partition coefficient (Wildman–Crippen LogP) is 1.12. The fraction of sp³-hybridized carbons (Fsp3) is 0.556. The minimum atomic E-state index is -2.47. The molecule has 1 amide bonds. The van der Waals surface area contributed by atoms with Crippen molar-refractivity contribution in [2.24, 2.45) is 0 Å². The highest BCUT2D eigenvalue weighted by atomic mass is 19.3. The molecule has 1 atom stereocenters. The number of halogens is 2. The summed E-state index contributed by atoms with van der Waals surface area (Å²) in [4.78, 5) is 11.4. The maximum absolute atomic E-state index is 12.0. The first-order chi connectivity index (χ1) is 7.52. The highest BCUT2D eigenvalue weighted by Gasteiger charge is 2.13. The molecule has 1 aromatic rings. The molecule has 7 heteroatoms. The Morgan fingerprint density at radius 3 is 2.94 bits per heavy atom. The van der Waals surface area contributed by atoms with Crippen LogP contribution >= 0.6 is 0 Å². The molecular weight excluding hydrogens is 220 g/mol. The molecule has 0 saturated carbocycles. The van der Waals surface area contributed by atoms with Crippen LogP contribution in [0, 0.1) is 0 Å². The summed E-state index contributed by atoms with van der Waals surface area (Å²) in [6.45, 7) is 1.09. The van der Waals surface area contributed by atoms with E-state index in [2.05, 4.69) is 10.4 Å². The Morgan fingerprint density at radius 1 is 1.69 bits per heavy atom. The lowest BCUT2D eigenvalue weighted by atomic mass is 10.3. The largest absolute Gasteiger partial charge is 0.372 e. The lowest BCUT2D eigenvalue weighted by Gasteiger charge is -2.08. The lowest BCUT2D eigenvalue weighted by Crippen LogP contribution is -2.26. The van der Waals surface area contributed by atoms with Gasteiger partial charge in [0, 0.05) is 13.3 Å². The molecule has 90 valence electrons. The van der Waals surface area contributed by atoms with Crippen LogP contribution in [0.15, 0.2) is 12.4 Å². The van der Waals surface area contributed by atoms with E-state index in [4.69, 9.17) is 4.74 Å². The molecule has 0 aliphatic rings. The highest BCUT2D eigenvalue weighted by Crippen LogP contribution is 2.07. The van der Waals surface area contributed by atoms with Crippen molar-refractivity contribution in [2.75, 3.05) is 12.4 Å². The Hall–Kier alpha value is -1.50. The van der Waals surface area contributed by atoms with E-state index in [-0.39, 0.29) is 5.91 Å². The second kappa shape index (κ2) is 5.55. The fourth-order valence-electron chi connectivity index (χ4n) is 1.02. The maximum atomic E-state index is 12.0. The van der Waals surface area contributed by atoms with E-state index in [0.717, 1.165) is 4.68 Å². The van der Waals surface area contributed by atoms with Gasteiger partial charge in [0.15, 0.2) is 0 Å². The number of hydrogen-bond donors (Lipinski definition) is 1. The number of anilines is 1. The Balaban J connectivity index is 2.55. The number of rotatable bonds is 5. The second-order valence-electron chi connectivity index (χ2n) is 3.21. The summed E-state index contributed by atoms with van der Waals surface area (Å²) >= 11 is 0. The zero-order valence-electron chi connectivity index (χ0n) is 8.98. The number of carbonyl (C=O) groups excluding carboxylic acids is 1. The van der Waals surface area contributed by atoms with Gasteiger partial charge in [-0.05, 0) is 6.92 Å². The van der Waals surface area contributed by atoms with Gasteiger partial charge in [0.25, 0.3) is 12.3 Å². The smallest absolute Gasteiger partial charge is 0.257 e. The van der Waals surface area contributed by atoms with Crippen LogP contribution in [0.4, 0.5) is 14.5 Å². The first kappa shape index (κ1) is 12.6. The zero-order valence-corrected chi connectivity index (χ0v) is 8.98. The van der Waals surface area contributed by atoms with Gasteiger partial charge in [0.05, 0.1) is 11.9 Å². The monoisotopic (exact) mass is 233 g/mol. The number of ether oxygens (including phenoxy) is 1. The Bertz CT molecular complexity index is 354. The quantitative estimate of drug-likeness (QED) is 0.829. The van der Waals surface area contributed by atoms with Gasteiger partial charge in [0.2, 0.25) is 0 Å². The lowest BCUT2D eigenvalue weighted by molar-refractivity contribution is -0.124. The number of hydrogen-bond acceptors (Lipinski definition) is 3. The van der Waals surface area contributed by atoms with Crippen LogP contribution in [-0.4, -0.2) is 35.3 Å². The van der Waals surface area contributed by atoms with Crippen molar-refractivity contribution >= 4 is 11.6 Å². The van der Waals surface area contributed by atoms with Crippen molar-refractivity contribution in [3.05, 3.63) is 12.4 Å². The average Bonchev–Trinajstić information content (AvgIpc) is 2.63. The Morgan fingerprint density at radius 2 is 2.38 bits per heavy atom. The molecule has 0 aliphatic heterocycles. The van der Waals surface area contributed by atoms with E-state index in [1.54, 1.807) is 6.92 Å². The van der Waals surface area contributed by atoms with Crippen molar-refractivity contribution in [3.8, 4) is 0 Å². The third-order valence-corrected chi connectivity index (χ3v) is 1.95. The van der Waals surface area contributed by atoms with E-state index in [0.29, 0.717) is 5.69 Å². The molecule has 0 aliphatic carbocycles. The van der Waals surface area contributed by atoms with Crippen LogP contribution in [0.1, 0.15) is 6.92 Å². The third kappa shape index (κ3) is 3.58. The van der Waals surface area contributed by atoms with Gasteiger partial charge in [-0.25, -0.2) is 8.78 Å². The molecular formula is C9H13F2N3O2. The van der Waals surface area contributed by atoms with Gasteiger partial charge >= 0.3 is 0 Å². The summed E-state index contributed by atoms with van der Waals surface area (Å²) in [6, 6.07) is 0. The SMILES string of the molecule is COC(C)C(=O)Nc1cnn(CC(F)F)c1. The molecule has 1 N–H and O–H groups in total. The van der Waals surface area contributed by atoms with Crippen LogP contribution in [0.5, 0.6) is 0 Å². The Kier molecular flexibility index (Phi) is 4.36. The average molecular weight is 233 g/mol. The van der Waals surface area contributed by atoms with Crippen molar-refractivity contribution in [1.29, 1.82) is 0 Å². The summed E-state index contributed by atoms with van der Waals surface area (Å²) in [7, 11) is 1.41. The number of alkyl halides is 2. The van der Waals surface area contributed by atoms with Gasteiger partial charge in [-0.1, -0.05) is 0 Å². The van der Waals surface area contributed by atoms with E-state index in [1.807, 2.05) is 0 Å². The summed E-state index contributed by atoms with van der Waals surface area (Å²) in [5.74, 6) is -0.348. The first-order valence-corrected chi connectivity index (χ1v) is 4.67. The minimum Gasteiger partial charge on any atom is -0.372 e. The van der Waals surface area contributed by atoms with Crippen LogP contribution in [-0.2, 0) is 16.1 Å². The second-order valence-corrected chi connectivity index (χ2v) is 3.21. The number of methoxy groups -OCH3 is 1. The molecule has 0 aromatic carbocycles. The third-order valence-electron chi connectivity index (χ3n) is 1.95. The molecule has 0 bridgehead atoms. The molecule has 0 saturated heterocycles. The molecule has 16 heavy (non-hydrogen) atoms. The summed E-state index contributed by atoms with van der Waals surface area (Å²) in [5.41, 5.74) is 0.370. The van der Waals surface area contributed by atoms with E-state index in [9.17, 15) is 13.6 Å². The number of nitrogens with one attached hydrogen (secondary N) is 1. The normalized spacial score (nSPS) is 12.8.